The second kappa shape index (κ2) is 14.3. The van der Waals surface area contributed by atoms with Crippen LogP contribution in [0.4, 0.5) is 0 Å². The zero-order valence-electron chi connectivity index (χ0n) is 20.4. The van der Waals surface area contributed by atoms with Gasteiger partial charge in [-0.25, -0.2) is 5.48 Å². The van der Waals surface area contributed by atoms with Gasteiger partial charge in [-0.05, 0) is 62.8 Å². The van der Waals surface area contributed by atoms with Crippen molar-refractivity contribution in [1.82, 2.24) is 25.9 Å². The normalized spacial score (nSPS) is 11.6. The molecule has 0 saturated heterocycles. The van der Waals surface area contributed by atoms with E-state index >= 15 is 0 Å². The standard InChI is InChI=1S/C25H36ClN5O3/c1-5-31(14-7-15-32)24(29-34-22-9-6-8-20(16-22)18-30(3)4)23(25(33)27-2)28-17-19-10-12-21(26)13-11-19/h6,8-13,16,28-29,32H,5,7,14-15,17-18H2,1-4H3,(H,27,33)/b24-23+. The summed E-state index contributed by atoms with van der Waals surface area (Å²) in [6.45, 7) is 4.38. The van der Waals surface area contributed by atoms with Crippen molar-refractivity contribution in [2.24, 2.45) is 0 Å². The van der Waals surface area contributed by atoms with Crippen molar-refractivity contribution in [3.63, 3.8) is 0 Å². The van der Waals surface area contributed by atoms with Crippen LogP contribution in [0.15, 0.2) is 60.0 Å². The molecule has 1 amide bonds. The zero-order valence-corrected chi connectivity index (χ0v) is 21.2. The van der Waals surface area contributed by atoms with Gasteiger partial charge >= 0.3 is 0 Å². The highest BCUT2D eigenvalue weighted by atomic mass is 35.5. The molecule has 9 heteroatoms. The number of carbonyl (C=O) groups is 1. The van der Waals surface area contributed by atoms with Crippen LogP contribution in [0.1, 0.15) is 24.5 Å². The molecule has 186 valence electrons. The first kappa shape index (κ1) is 27.3. The SMILES string of the molecule is CCN(CCCO)/C(NOc1cccc(CN(C)C)c1)=C(/NCc1ccc(Cl)cc1)C(=O)NC. The molecule has 4 N–H and O–H groups in total. The number of aliphatic hydroxyl groups is 1. The van der Waals surface area contributed by atoms with E-state index in [0.717, 1.165) is 17.7 Å². The predicted molar refractivity (Wildman–Crippen MR) is 136 cm³/mol. The van der Waals surface area contributed by atoms with E-state index in [1.165, 1.54) is 0 Å². The summed E-state index contributed by atoms with van der Waals surface area (Å²) in [5, 5.41) is 16.0. The highest BCUT2D eigenvalue weighted by molar-refractivity contribution is 6.30. The molecule has 0 aromatic heterocycles. The van der Waals surface area contributed by atoms with Crippen LogP contribution in [0.3, 0.4) is 0 Å². The third-order valence-electron chi connectivity index (χ3n) is 5.02. The number of nitrogens with one attached hydrogen (secondary N) is 3. The average molecular weight is 490 g/mol. The lowest BCUT2D eigenvalue weighted by Gasteiger charge is -2.29. The highest BCUT2D eigenvalue weighted by Crippen LogP contribution is 2.16. The third kappa shape index (κ3) is 8.78. The molecule has 0 spiro atoms. The Morgan fingerprint density at radius 2 is 1.85 bits per heavy atom. The fraction of sp³-hybridized carbons (Fsp3) is 0.400. The summed E-state index contributed by atoms with van der Waals surface area (Å²) >= 11 is 5.99. The second-order valence-electron chi connectivity index (χ2n) is 8.03. The molecule has 8 nitrogen and oxygen atoms in total. The van der Waals surface area contributed by atoms with Crippen LogP contribution in [-0.2, 0) is 17.9 Å². The van der Waals surface area contributed by atoms with Gasteiger partial charge in [0.25, 0.3) is 5.91 Å². The number of nitrogens with zero attached hydrogens (tertiary/aromatic N) is 2. The van der Waals surface area contributed by atoms with E-state index in [4.69, 9.17) is 16.4 Å². The maximum atomic E-state index is 12.9. The van der Waals surface area contributed by atoms with E-state index in [0.29, 0.717) is 48.3 Å². The van der Waals surface area contributed by atoms with E-state index in [-0.39, 0.29) is 12.5 Å². The summed E-state index contributed by atoms with van der Waals surface area (Å²) in [4.78, 5) is 22.8. The fourth-order valence-corrected chi connectivity index (χ4v) is 3.46. The van der Waals surface area contributed by atoms with Gasteiger partial charge in [0, 0.05) is 44.9 Å². The summed E-state index contributed by atoms with van der Waals surface area (Å²) in [6.07, 6.45) is 0.551. The van der Waals surface area contributed by atoms with Crippen molar-refractivity contribution in [2.75, 3.05) is 40.8 Å². The maximum absolute atomic E-state index is 12.9. The average Bonchev–Trinajstić information content (AvgIpc) is 2.83. The quantitative estimate of drug-likeness (QED) is 0.240. The number of benzene rings is 2. The number of hydroxylamine groups is 1. The van der Waals surface area contributed by atoms with Gasteiger partial charge in [0.15, 0.2) is 11.6 Å². The Bertz CT molecular complexity index is 934. The molecule has 0 aliphatic rings. The third-order valence-corrected chi connectivity index (χ3v) is 5.27. The number of amides is 1. The van der Waals surface area contributed by atoms with E-state index in [2.05, 4.69) is 21.0 Å². The van der Waals surface area contributed by atoms with Crippen LogP contribution in [-0.4, -0.2) is 61.7 Å². The molecule has 0 heterocycles. The molecule has 34 heavy (non-hydrogen) atoms. The Morgan fingerprint density at radius 1 is 1.12 bits per heavy atom. The van der Waals surface area contributed by atoms with Gasteiger partial charge in [0.05, 0.1) is 0 Å². The molecule has 0 bridgehead atoms. The second-order valence-corrected chi connectivity index (χ2v) is 8.47. The van der Waals surface area contributed by atoms with Crippen LogP contribution < -0.4 is 21.0 Å². The molecular formula is C25H36ClN5O3. The molecular weight excluding hydrogens is 454 g/mol. The number of likely N-dealkylation sites (N-methyl/N-ethyl adjacent to an activating group) is 1. The van der Waals surface area contributed by atoms with Crippen molar-refractivity contribution < 1.29 is 14.7 Å². The number of hydrogen-bond donors (Lipinski definition) is 4. The topological polar surface area (TPSA) is 89.1 Å². The largest absolute Gasteiger partial charge is 0.396 e. The summed E-state index contributed by atoms with van der Waals surface area (Å²) in [6, 6.07) is 15.2. The number of rotatable bonds is 14. The van der Waals surface area contributed by atoms with E-state index in [1.807, 2.05) is 74.4 Å². The Kier molecular flexibility index (Phi) is 11.5. The minimum absolute atomic E-state index is 0.0464. The molecule has 2 rings (SSSR count). The molecule has 0 saturated carbocycles. The van der Waals surface area contributed by atoms with Crippen molar-refractivity contribution >= 4 is 17.5 Å². The first-order valence-electron chi connectivity index (χ1n) is 11.3. The first-order valence-corrected chi connectivity index (χ1v) is 11.7. The summed E-state index contributed by atoms with van der Waals surface area (Å²) < 4.78 is 0. The molecule has 0 radical (unpaired) electrons. The predicted octanol–water partition coefficient (Wildman–Crippen LogP) is 2.69. The Balaban J connectivity index is 2.34. The van der Waals surface area contributed by atoms with Crippen LogP contribution in [0.25, 0.3) is 0 Å². The molecule has 0 aliphatic carbocycles. The summed E-state index contributed by atoms with van der Waals surface area (Å²) in [5.41, 5.74) is 5.42. The van der Waals surface area contributed by atoms with Gasteiger partial charge in [0.1, 0.15) is 5.70 Å². The maximum Gasteiger partial charge on any atom is 0.270 e. The molecule has 0 unspecified atom stereocenters. The van der Waals surface area contributed by atoms with Gasteiger partial charge in [-0.2, -0.15) is 0 Å². The fourth-order valence-electron chi connectivity index (χ4n) is 3.33. The van der Waals surface area contributed by atoms with E-state index < -0.39 is 0 Å². The van der Waals surface area contributed by atoms with E-state index in [1.54, 1.807) is 7.05 Å². The minimum atomic E-state index is -0.288. The number of aliphatic hydroxyl groups excluding tert-OH is 1. The highest BCUT2D eigenvalue weighted by Gasteiger charge is 2.20. The van der Waals surface area contributed by atoms with Crippen molar-refractivity contribution in [3.8, 4) is 5.75 Å². The van der Waals surface area contributed by atoms with Gasteiger partial charge in [0.2, 0.25) is 0 Å². The van der Waals surface area contributed by atoms with Crippen molar-refractivity contribution in [2.45, 2.75) is 26.4 Å². The Morgan fingerprint density at radius 3 is 2.47 bits per heavy atom. The molecule has 0 aliphatic heterocycles. The lowest BCUT2D eigenvalue weighted by molar-refractivity contribution is -0.117. The monoisotopic (exact) mass is 489 g/mol. The summed E-state index contributed by atoms with van der Waals surface area (Å²) in [5.74, 6) is 0.829. The van der Waals surface area contributed by atoms with E-state index in [9.17, 15) is 9.90 Å². The molecule has 0 atom stereocenters. The van der Waals surface area contributed by atoms with Gasteiger partial charge in [-0.1, -0.05) is 35.9 Å². The molecule has 2 aromatic rings. The molecule has 2 aromatic carbocycles. The van der Waals surface area contributed by atoms with Crippen LogP contribution in [0.5, 0.6) is 5.75 Å². The van der Waals surface area contributed by atoms with Crippen LogP contribution in [0.2, 0.25) is 5.02 Å². The lowest BCUT2D eigenvalue weighted by Crippen LogP contribution is -2.42. The number of hydrogen-bond acceptors (Lipinski definition) is 7. The summed E-state index contributed by atoms with van der Waals surface area (Å²) in [7, 11) is 5.60. The first-order chi connectivity index (χ1) is 16.4. The Labute approximate surface area is 207 Å². The lowest BCUT2D eigenvalue weighted by atomic mass is 10.2. The van der Waals surface area contributed by atoms with Crippen molar-refractivity contribution in [1.29, 1.82) is 0 Å². The number of carbonyl (C=O) groups excluding carboxylic acids is 1. The number of halogens is 1. The molecule has 0 fully saturated rings. The minimum Gasteiger partial charge on any atom is -0.396 e. The zero-order chi connectivity index (χ0) is 24.9. The van der Waals surface area contributed by atoms with Crippen LogP contribution >= 0.6 is 11.6 Å². The smallest absolute Gasteiger partial charge is 0.270 e. The van der Waals surface area contributed by atoms with Crippen LogP contribution in [0, 0.1) is 0 Å². The van der Waals surface area contributed by atoms with Crippen molar-refractivity contribution in [3.05, 3.63) is 76.2 Å². The van der Waals surface area contributed by atoms with Gasteiger partial charge < -0.3 is 30.4 Å². The Hall–Kier alpha value is -2.94. The van der Waals surface area contributed by atoms with Gasteiger partial charge in [-0.15, -0.1) is 0 Å². The van der Waals surface area contributed by atoms with Gasteiger partial charge in [-0.3, -0.25) is 4.79 Å².